The van der Waals surface area contributed by atoms with Gasteiger partial charge in [-0.25, -0.2) is 9.98 Å². The largest absolute Gasteiger partial charge is 0.369 e. The Morgan fingerprint density at radius 2 is 1.72 bits per heavy atom. The Morgan fingerprint density at radius 1 is 0.969 bits per heavy atom. The topological polar surface area (TPSA) is 69.0 Å². The number of fused-ring (bicyclic) bond motifs is 1. The molecule has 3 aromatic rings. The quantitative estimate of drug-likeness (QED) is 0.649. The molecule has 164 valence electrons. The lowest BCUT2D eigenvalue weighted by molar-refractivity contribution is -0.121. The van der Waals surface area contributed by atoms with Crippen LogP contribution in [-0.4, -0.2) is 71.5 Å². The summed E-state index contributed by atoms with van der Waals surface area (Å²) in [6.07, 6.45) is 3.60. The summed E-state index contributed by atoms with van der Waals surface area (Å²) < 4.78 is 1.96. The first-order chi connectivity index (χ1) is 15.5. The van der Waals surface area contributed by atoms with E-state index in [1.54, 1.807) is 18.3 Å². The van der Waals surface area contributed by atoms with Crippen LogP contribution in [0.4, 0.5) is 11.4 Å². The summed E-state index contributed by atoms with van der Waals surface area (Å²) in [7, 11) is 5.85. The Kier molecular flexibility index (Phi) is 5.14. The van der Waals surface area contributed by atoms with Crippen molar-refractivity contribution in [2.75, 3.05) is 50.5 Å². The maximum absolute atomic E-state index is 12.8. The maximum Gasteiger partial charge on any atom is 0.279 e. The van der Waals surface area contributed by atoms with Crippen molar-refractivity contribution in [3.05, 3.63) is 60.1 Å². The third-order valence-corrected chi connectivity index (χ3v) is 6.11. The van der Waals surface area contributed by atoms with Gasteiger partial charge in [-0.15, -0.1) is 0 Å². The number of nitrogens with zero attached hydrogens (tertiary/aromatic N) is 6. The minimum Gasteiger partial charge on any atom is -0.369 e. The number of benzene rings is 2. The molecule has 1 amide bonds. The van der Waals surface area contributed by atoms with Crippen LogP contribution in [-0.2, 0) is 11.8 Å². The van der Waals surface area contributed by atoms with E-state index in [0.717, 1.165) is 48.5 Å². The molecule has 2 aliphatic heterocycles. The molecule has 8 nitrogen and oxygen atoms in total. The van der Waals surface area contributed by atoms with Crippen LogP contribution in [0.5, 0.6) is 0 Å². The van der Waals surface area contributed by atoms with Crippen molar-refractivity contribution in [1.82, 2.24) is 19.4 Å². The number of likely N-dealkylation sites (N-methyl/N-ethyl adjacent to an activating group) is 2. The summed E-state index contributed by atoms with van der Waals surface area (Å²) in [4.78, 5) is 27.9. The highest BCUT2D eigenvalue weighted by molar-refractivity contribution is 6.17. The van der Waals surface area contributed by atoms with Crippen molar-refractivity contribution in [2.24, 2.45) is 12.0 Å². The normalized spacial score (nSPS) is 18.7. The fourth-order valence-electron chi connectivity index (χ4n) is 4.05. The van der Waals surface area contributed by atoms with Crippen molar-refractivity contribution in [3.63, 3.8) is 0 Å². The zero-order chi connectivity index (χ0) is 22.2. The highest BCUT2D eigenvalue weighted by atomic mass is 16.2. The van der Waals surface area contributed by atoms with E-state index >= 15 is 0 Å². The average Bonchev–Trinajstić information content (AvgIpc) is 3.30. The summed E-state index contributed by atoms with van der Waals surface area (Å²) in [5.74, 6) is 0.391. The number of nitrogens with one attached hydrogen (secondary N) is 1. The van der Waals surface area contributed by atoms with E-state index in [0.29, 0.717) is 11.7 Å². The Labute approximate surface area is 187 Å². The smallest absolute Gasteiger partial charge is 0.279 e. The van der Waals surface area contributed by atoms with E-state index in [2.05, 4.69) is 44.3 Å². The number of hydrogen-bond donors (Lipinski definition) is 1. The number of anilines is 2. The number of guanidine groups is 1. The molecule has 0 saturated carbocycles. The van der Waals surface area contributed by atoms with Gasteiger partial charge in [0.2, 0.25) is 5.96 Å². The summed E-state index contributed by atoms with van der Waals surface area (Å²) in [6, 6.07) is 14.2. The lowest BCUT2D eigenvalue weighted by Crippen LogP contribution is -2.44. The van der Waals surface area contributed by atoms with Gasteiger partial charge >= 0.3 is 0 Å². The van der Waals surface area contributed by atoms with Crippen LogP contribution in [0, 0.1) is 0 Å². The first kappa shape index (κ1) is 20.3. The molecule has 1 fully saturated rings. The van der Waals surface area contributed by atoms with Gasteiger partial charge < -0.3 is 19.7 Å². The number of aromatic nitrogens is 2. The molecule has 0 spiro atoms. The van der Waals surface area contributed by atoms with Gasteiger partial charge in [-0.3, -0.25) is 9.69 Å². The molecule has 0 atom stereocenters. The molecule has 8 heteroatoms. The third kappa shape index (κ3) is 3.85. The second-order valence-electron chi connectivity index (χ2n) is 8.39. The van der Waals surface area contributed by atoms with E-state index in [4.69, 9.17) is 0 Å². The van der Waals surface area contributed by atoms with Gasteiger partial charge in [-0.1, -0.05) is 6.07 Å². The number of rotatable bonds is 3. The van der Waals surface area contributed by atoms with Gasteiger partial charge in [-0.2, -0.15) is 0 Å². The highest BCUT2D eigenvalue weighted by Gasteiger charge is 2.27. The van der Waals surface area contributed by atoms with E-state index < -0.39 is 0 Å². The van der Waals surface area contributed by atoms with Gasteiger partial charge in [0.15, 0.2) is 0 Å². The summed E-state index contributed by atoms with van der Waals surface area (Å²) in [5, 5.41) is 3.28. The lowest BCUT2D eigenvalue weighted by atomic mass is 10.1. The van der Waals surface area contributed by atoms with E-state index in [1.165, 1.54) is 5.69 Å². The molecule has 3 heterocycles. The number of carbonyl (C=O) groups excluding carboxylic acids is 1. The number of amides is 1. The fourth-order valence-corrected chi connectivity index (χ4v) is 4.05. The minimum atomic E-state index is -0.133. The Morgan fingerprint density at radius 3 is 2.47 bits per heavy atom. The maximum atomic E-state index is 12.8. The average molecular weight is 430 g/mol. The molecule has 0 aliphatic carbocycles. The zero-order valence-corrected chi connectivity index (χ0v) is 18.6. The highest BCUT2D eigenvalue weighted by Crippen LogP contribution is 2.23. The van der Waals surface area contributed by atoms with Gasteiger partial charge in [0.1, 0.15) is 5.70 Å². The molecule has 32 heavy (non-hydrogen) atoms. The predicted octanol–water partition coefficient (Wildman–Crippen LogP) is 2.61. The zero-order valence-electron chi connectivity index (χ0n) is 18.6. The Hall–Kier alpha value is -3.65. The van der Waals surface area contributed by atoms with Crippen LogP contribution in [0.3, 0.4) is 0 Å². The van der Waals surface area contributed by atoms with Crippen LogP contribution in [0.15, 0.2) is 59.5 Å². The van der Waals surface area contributed by atoms with Gasteiger partial charge in [0.25, 0.3) is 5.91 Å². The first-order valence-corrected chi connectivity index (χ1v) is 10.8. The van der Waals surface area contributed by atoms with E-state index in [-0.39, 0.29) is 5.91 Å². The molecule has 5 rings (SSSR count). The summed E-state index contributed by atoms with van der Waals surface area (Å²) in [6.45, 7) is 4.22. The molecular formula is C24H27N7O. The molecule has 1 aromatic heterocycles. The second-order valence-corrected chi connectivity index (χ2v) is 8.39. The van der Waals surface area contributed by atoms with Gasteiger partial charge in [-0.05, 0) is 55.1 Å². The number of imidazole rings is 1. The Bertz CT molecular complexity index is 1220. The monoisotopic (exact) mass is 429 g/mol. The molecular weight excluding hydrogens is 402 g/mol. The molecule has 1 N–H and O–H groups in total. The van der Waals surface area contributed by atoms with Crippen LogP contribution in [0.1, 0.15) is 5.56 Å². The van der Waals surface area contributed by atoms with E-state index in [9.17, 15) is 4.79 Å². The van der Waals surface area contributed by atoms with Crippen LogP contribution in [0.2, 0.25) is 0 Å². The molecule has 2 aromatic carbocycles. The number of carbonyl (C=O) groups is 1. The minimum absolute atomic E-state index is 0.133. The van der Waals surface area contributed by atoms with E-state index in [1.807, 2.05) is 48.0 Å². The second kappa shape index (κ2) is 8.12. The number of hydrogen-bond acceptors (Lipinski definition) is 6. The van der Waals surface area contributed by atoms with Crippen LogP contribution >= 0.6 is 0 Å². The SMILES string of the molecule is CN1CCN(c2ccc(NC3=N/C(=C\c4ccc5ncn(C)c5c4)C(=O)N3C)cc2)CC1. The van der Waals surface area contributed by atoms with Gasteiger partial charge in [0, 0.05) is 51.6 Å². The predicted molar refractivity (Wildman–Crippen MR) is 129 cm³/mol. The third-order valence-electron chi connectivity index (χ3n) is 6.11. The molecule has 1 saturated heterocycles. The number of aryl methyl sites for hydroxylation is 1. The van der Waals surface area contributed by atoms with Crippen molar-refractivity contribution in [2.45, 2.75) is 0 Å². The number of aliphatic imine (C=N–C) groups is 1. The van der Waals surface area contributed by atoms with Crippen molar-refractivity contribution < 1.29 is 4.79 Å². The van der Waals surface area contributed by atoms with Gasteiger partial charge in [0.05, 0.1) is 17.4 Å². The fraction of sp³-hybridized carbons (Fsp3) is 0.292. The Balaban J connectivity index is 1.33. The van der Waals surface area contributed by atoms with Crippen molar-refractivity contribution >= 4 is 40.4 Å². The van der Waals surface area contributed by atoms with Crippen LogP contribution < -0.4 is 10.2 Å². The molecule has 0 unspecified atom stereocenters. The van der Waals surface area contributed by atoms with Crippen molar-refractivity contribution in [3.8, 4) is 0 Å². The summed E-state index contributed by atoms with van der Waals surface area (Å²) >= 11 is 0. The van der Waals surface area contributed by atoms with Crippen molar-refractivity contribution in [1.29, 1.82) is 0 Å². The van der Waals surface area contributed by atoms with Crippen LogP contribution in [0.25, 0.3) is 17.1 Å². The molecule has 2 aliphatic rings. The standard InChI is InChI=1S/C24H27N7O/c1-28-10-12-31(13-11-28)19-7-5-18(6-8-19)26-24-27-21(23(32)30(24)3)14-17-4-9-20-22(15-17)29(2)16-25-20/h4-9,14-16H,10-13H2,1-3H3,(H,26,27)/b21-14-. The summed E-state index contributed by atoms with van der Waals surface area (Å²) in [5.41, 5.74) is 5.38. The molecule has 0 bridgehead atoms. The molecule has 0 radical (unpaired) electrons. The first-order valence-electron chi connectivity index (χ1n) is 10.8. The lowest BCUT2D eigenvalue weighted by Gasteiger charge is -2.34. The number of piperazine rings is 1.